The lowest BCUT2D eigenvalue weighted by Gasteiger charge is -2.28. The highest BCUT2D eigenvalue weighted by atomic mass is 32.2. The molecule has 9 heteroatoms. The highest BCUT2D eigenvalue weighted by Crippen LogP contribution is 2.28. The van der Waals surface area contributed by atoms with E-state index in [4.69, 9.17) is 14.7 Å². The Kier molecular flexibility index (Phi) is 7.19. The number of anilines is 1. The number of hydrogen-bond acceptors (Lipinski definition) is 7. The van der Waals surface area contributed by atoms with Gasteiger partial charge in [0.05, 0.1) is 31.3 Å². The Labute approximate surface area is 199 Å². The lowest BCUT2D eigenvalue weighted by Crippen LogP contribution is -2.37. The highest BCUT2D eigenvalue weighted by Gasteiger charge is 2.20. The summed E-state index contributed by atoms with van der Waals surface area (Å²) in [7, 11) is 0. The number of benzene rings is 1. The van der Waals surface area contributed by atoms with Crippen molar-refractivity contribution in [3.8, 4) is 0 Å². The first kappa shape index (κ1) is 23.5. The SMILES string of the molecule is CCSc1nc(N2CCOCC2)c2cnn(CCNC(=O)c3ccc(C(C)(C)C)cc3)c2n1. The van der Waals surface area contributed by atoms with Crippen molar-refractivity contribution in [1.29, 1.82) is 0 Å². The monoisotopic (exact) mass is 468 g/mol. The zero-order chi connectivity index (χ0) is 23.4. The highest BCUT2D eigenvalue weighted by molar-refractivity contribution is 7.99. The number of thioether (sulfide) groups is 1. The second-order valence-corrected chi connectivity index (χ2v) is 10.3. The molecule has 1 saturated heterocycles. The van der Waals surface area contributed by atoms with Crippen molar-refractivity contribution < 1.29 is 9.53 Å². The number of rotatable bonds is 7. The van der Waals surface area contributed by atoms with E-state index in [1.807, 2.05) is 35.1 Å². The Morgan fingerprint density at radius 3 is 2.55 bits per heavy atom. The summed E-state index contributed by atoms with van der Waals surface area (Å²) in [5, 5.41) is 9.24. The number of ether oxygens (including phenoxy) is 1. The normalized spacial score (nSPS) is 14.6. The van der Waals surface area contributed by atoms with Crippen LogP contribution in [0.4, 0.5) is 5.82 Å². The van der Waals surface area contributed by atoms with E-state index in [9.17, 15) is 4.79 Å². The molecular formula is C24H32N6O2S. The lowest BCUT2D eigenvalue weighted by atomic mass is 9.87. The molecule has 0 aliphatic carbocycles. The van der Waals surface area contributed by atoms with Crippen LogP contribution in [0.1, 0.15) is 43.6 Å². The second-order valence-electron chi connectivity index (χ2n) is 9.05. The van der Waals surface area contributed by atoms with Gasteiger partial charge in [-0.2, -0.15) is 5.10 Å². The number of nitrogens with zero attached hydrogens (tertiary/aromatic N) is 5. The van der Waals surface area contributed by atoms with Crippen LogP contribution in [-0.2, 0) is 16.7 Å². The second kappa shape index (κ2) is 10.1. The molecule has 1 N–H and O–H groups in total. The van der Waals surface area contributed by atoms with E-state index in [1.165, 1.54) is 5.56 Å². The predicted octanol–water partition coefficient (Wildman–Crippen LogP) is 3.50. The van der Waals surface area contributed by atoms with Crippen LogP contribution in [0.2, 0.25) is 0 Å². The predicted molar refractivity (Wildman–Crippen MR) is 132 cm³/mol. The third-order valence-corrected chi connectivity index (χ3v) is 6.39. The Morgan fingerprint density at radius 2 is 1.88 bits per heavy atom. The molecule has 2 aromatic heterocycles. The average Bonchev–Trinajstić information content (AvgIpc) is 3.21. The van der Waals surface area contributed by atoms with Crippen LogP contribution >= 0.6 is 11.8 Å². The van der Waals surface area contributed by atoms with E-state index in [1.54, 1.807) is 11.8 Å². The van der Waals surface area contributed by atoms with Crippen molar-refractivity contribution in [3.05, 3.63) is 41.6 Å². The lowest BCUT2D eigenvalue weighted by molar-refractivity contribution is 0.0952. The number of hydrogen-bond donors (Lipinski definition) is 1. The summed E-state index contributed by atoms with van der Waals surface area (Å²) in [5.41, 5.74) is 2.73. The maximum atomic E-state index is 12.6. The molecule has 176 valence electrons. The third kappa shape index (κ3) is 5.47. The van der Waals surface area contributed by atoms with Gasteiger partial charge in [-0.25, -0.2) is 14.6 Å². The summed E-state index contributed by atoms with van der Waals surface area (Å²) in [4.78, 5) is 24.4. The molecule has 33 heavy (non-hydrogen) atoms. The quantitative estimate of drug-likeness (QED) is 0.420. The van der Waals surface area contributed by atoms with E-state index in [0.717, 1.165) is 40.9 Å². The van der Waals surface area contributed by atoms with Crippen molar-refractivity contribution in [3.63, 3.8) is 0 Å². The molecule has 0 radical (unpaired) electrons. The molecule has 3 heterocycles. The third-order valence-electron chi connectivity index (χ3n) is 5.66. The number of morpholine rings is 1. The molecule has 3 aromatic rings. The van der Waals surface area contributed by atoms with Crippen LogP contribution in [-0.4, -0.2) is 64.3 Å². The maximum absolute atomic E-state index is 12.6. The van der Waals surface area contributed by atoms with Crippen LogP contribution in [0.15, 0.2) is 35.6 Å². The molecule has 4 rings (SSSR count). The topological polar surface area (TPSA) is 85.2 Å². The fourth-order valence-corrected chi connectivity index (χ4v) is 4.35. The van der Waals surface area contributed by atoms with Crippen molar-refractivity contribution in [1.82, 2.24) is 25.1 Å². The van der Waals surface area contributed by atoms with E-state index in [2.05, 4.69) is 43.0 Å². The molecule has 0 saturated carbocycles. The van der Waals surface area contributed by atoms with Crippen molar-refractivity contribution in [2.45, 2.75) is 44.8 Å². The Bertz CT molecular complexity index is 1100. The summed E-state index contributed by atoms with van der Waals surface area (Å²) >= 11 is 1.62. The maximum Gasteiger partial charge on any atom is 0.251 e. The molecule has 1 aliphatic rings. The molecule has 0 spiro atoms. The summed E-state index contributed by atoms with van der Waals surface area (Å²) in [6.45, 7) is 12.6. The molecular weight excluding hydrogens is 436 g/mol. The summed E-state index contributed by atoms with van der Waals surface area (Å²) in [5.74, 6) is 1.72. The summed E-state index contributed by atoms with van der Waals surface area (Å²) in [6, 6.07) is 7.81. The summed E-state index contributed by atoms with van der Waals surface area (Å²) in [6.07, 6.45) is 1.83. The number of carbonyl (C=O) groups excluding carboxylic acids is 1. The molecule has 1 fully saturated rings. The molecule has 1 aromatic carbocycles. The van der Waals surface area contributed by atoms with Gasteiger partial charge in [0.1, 0.15) is 5.82 Å². The van der Waals surface area contributed by atoms with Crippen molar-refractivity contribution >= 4 is 34.5 Å². The zero-order valence-corrected chi connectivity index (χ0v) is 20.6. The largest absolute Gasteiger partial charge is 0.378 e. The van der Waals surface area contributed by atoms with Gasteiger partial charge in [-0.15, -0.1) is 0 Å². The standard InChI is InChI=1S/C24H32N6O2S/c1-5-33-23-27-20(29-12-14-32-15-13-29)19-16-26-30(21(19)28-23)11-10-25-22(31)17-6-8-18(9-7-17)24(2,3)4/h6-9,16H,5,10-15H2,1-4H3,(H,25,31). The molecule has 0 unspecified atom stereocenters. The average molecular weight is 469 g/mol. The smallest absolute Gasteiger partial charge is 0.251 e. The Morgan fingerprint density at radius 1 is 1.15 bits per heavy atom. The van der Waals surface area contributed by atoms with Gasteiger partial charge in [0.25, 0.3) is 5.91 Å². The molecule has 8 nitrogen and oxygen atoms in total. The van der Waals surface area contributed by atoms with E-state index < -0.39 is 0 Å². The number of amides is 1. The van der Waals surface area contributed by atoms with Gasteiger partial charge in [-0.1, -0.05) is 51.6 Å². The van der Waals surface area contributed by atoms with Gasteiger partial charge in [-0.05, 0) is 28.9 Å². The minimum atomic E-state index is -0.0854. The minimum Gasteiger partial charge on any atom is -0.378 e. The van der Waals surface area contributed by atoms with Gasteiger partial charge in [-0.3, -0.25) is 4.79 Å². The van der Waals surface area contributed by atoms with Crippen molar-refractivity contribution in [2.24, 2.45) is 0 Å². The van der Waals surface area contributed by atoms with Crippen LogP contribution in [0.25, 0.3) is 11.0 Å². The van der Waals surface area contributed by atoms with Crippen molar-refractivity contribution in [2.75, 3.05) is 43.5 Å². The first-order valence-electron chi connectivity index (χ1n) is 11.4. The van der Waals surface area contributed by atoms with Crippen LogP contribution in [0, 0.1) is 0 Å². The van der Waals surface area contributed by atoms with Gasteiger partial charge in [0.2, 0.25) is 0 Å². The zero-order valence-electron chi connectivity index (χ0n) is 19.8. The number of fused-ring (bicyclic) bond motifs is 1. The van der Waals surface area contributed by atoms with Crippen LogP contribution in [0.3, 0.4) is 0 Å². The fraction of sp³-hybridized carbons (Fsp3) is 0.500. The number of nitrogens with one attached hydrogen (secondary N) is 1. The number of aromatic nitrogens is 4. The van der Waals surface area contributed by atoms with E-state index in [0.29, 0.717) is 31.9 Å². The van der Waals surface area contributed by atoms with Gasteiger partial charge < -0.3 is 15.0 Å². The Balaban J connectivity index is 1.47. The summed E-state index contributed by atoms with van der Waals surface area (Å²) < 4.78 is 7.35. The number of carbonyl (C=O) groups is 1. The first-order valence-corrected chi connectivity index (χ1v) is 12.4. The van der Waals surface area contributed by atoms with Crippen LogP contribution < -0.4 is 10.2 Å². The fourth-order valence-electron chi connectivity index (χ4n) is 3.79. The first-order chi connectivity index (χ1) is 15.9. The molecule has 0 atom stereocenters. The molecule has 0 bridgehead atoms. The van der Waals surface area contributed by atoms with Crippen LogP contribution in [0.5, 0.6) is 0 Å². The van der Waals surface area contributed by atoms with E-state index in [-0.39, 0.29) is 11.3 Å². The Hall–Kier alpha value is -2.65. The van der Waals surface area contributed by atoms with E-state index >= 15 is 0 Å². The molecule has 1 aliphatic heterocycles. The van der Waals surface area contributed by atoms with Gasteiger partial charge in [0.15, 0.2) is 10.8 Å². The van der Waals surface area contributed by atoms with Gasteiger partial charge >= 0.3 is 0 Å². The molecule has 1 amide bonds. The minimum absolute atomic E-state index is 0.0625. The van der Waals surface area contributed by atoms with Gasteiger partial charge in [0, 0.05) is 25.2 Å².